The quantitative estimate of drug-likeness (QED) is 0.819. The molecular weight excluding hydrogens is 300 g/mol. The van der Waals surface area contributed by atoms with E-state index >= 15 is 0 Å². The van der Waals surface area contributed by atoms with E-state index in [9.17, 15) is 19.5 Å². The van der Waals surface area contributed by atoms with E-state index in [1.165, 1.54) is 12.0 Å². The summed E-state index contributed by atoms with van der Waals surface area (Å²) in [5, 5.41) is 12.1. The van der Waals surface area contributed by atoms with Crippen LogP contribution in [-0.4, -0.2) is 53.7 Å². The summed E-state index contributed by atoms with van der Waals surface area (Å²) in [4.78, 5) is 37.7. The van der Waals surface area contributed by atoms with E-state index < -0.39 is 29.6 Å². The molecule has 2 amide bonds. The highest BCUT2D eigenvalue weighted by atomic mass is 16.5. The second kappa shape index (κ2) is 6.37. The average Bonchev–Trinajstić information content (AvgIpc) is 3.01. The van der Waals surface area contributed by atoms with E-state index in [0.29, 0.717) is 6.54 Å². The standard InChI is InChI=1S/C16H26N2O5/c1-16(2,3)12(17-15(22)23-4)13(19)18-8-9-6-5-7-10(9)11(18)14(20)21/h9-12H,5-8H2,1-4H3,(H,17,22)(H,20,21)/t9-,10-,11-,12?/m0/s1. The molecule has 2 rings (SSSR count). The van der Waals surface area contributed by atoms with Gasteiger partial charge in [-0.15, -0.1) is 0 Å². The fourth-order valence-electron chi connectivity index (χ4n) is 3.84. The first-order valence-corrected chi connectivity index (χ1v) is 8.04. The first-order valence-electron chi connectivity index (χ1n) is 8.04. The number of carboxylic acid groups (broad SMARTS) is 1. The zero-order valence-corrected chi connectivity index (χ0v) is 14.2. The monoisotopic (exact) mass is 326 g/mol. The SMILES string of the molecule is COC(=O)NC(C(=O)N1C[C@@H]2CCC[C@@H]2[C@H]1C(=O)O)C(C)(C)C. The van der Waals surface area contributed by atoms with Crippen LogP contribution in [-0.2, 0) is 14.3 Å². The minimum atomic E-state index is -0.960. The van der Waals surface area contributed by atoms with E-state index in [4.69, 9.17) is 0 Å². The van der Waals surface area contributed by atoms with Crippen molar-refractivity contribution in [2.45, 2.75) is 52.1 Å². The zero-order valence-electron chi connectivity index (χ0n) is 14.2. The van der Waals surface area contributed by atoms with Crippen LogP contribution in [0.4, 0.5) is 4.79 Å². The Labute approximate surface area is 136 Å². The molecule has 0 radical (unpaired) electrons. The molecule has 0 aromatic carbocycles. The van der Waals surface area contributed by atoms with Crippen molar-refractivity contribution in [3.8, 4) is 0 Å². The molecule has 1 saturated carbocycles. The molecule has 23 heavy (non-hydrogen) atoms. The smallest absolute Gasteiger partial charge is 0.407 e. The van der Waals surface area contributed by atoms with Crippen molar-refractivity contribution < 1.29 is 24.2 Å². The van der Waals surface area contributed by atoms with Crippen molar-refractivity contribution in [3.63, 3.8) is 0 Å². The topological polar surface area (TPSA) is 95.9 Å². The average molecular weight is 326 g/mol. The maximum atomic E-state index is 13.0. The molecule has 1 saturated heterocycles. The minimum Gasteiger partial charge on any atom is -0.480 e. The van der Waals surface area contributed by atoms with Gasteiger partial charge < -0.3 is 20.1 Å². The van der Waals surface area contributed by atoms with Crippen molar-refractivity contribution in [1.29, 1.82) is 0 Å². The predicted octanol–water partition coefficient (Wildman–Crippen LogP) is 1.47. The molecule has 4 atom stereocenters. The largest absolute Gasteiger partial charge is 0.480 e. The molecule has 0 aromatic rings. The summed E-state index contributed by atoms with van der Waals surface area (Å²) in [6, 6.07) is -1.62. The van der Waals surface area contributed by atoms with Crippen LogP contribution in [0.15, 0.2) is 0 Å². The van der Waals surface area contributed by atoms with Gasteiger partial charge in [-0.3, -0.25) is 4.79 Å². The van der Waals surface area contributed by atoms with Crippen LogP contribution in [0.2, 0.25) is 0 Å². The van der Waals surface area contributed by atoms with E-state index in [1.807, 2.05) is 20.8 Å². The second-order valence-electron chi connectivity index (χ2n) is 7.56. The van der Waals surface area contributed by atoms with Crippen molar-refractivity contribution in [1.82, 2.24) is 10.2 Å². The van der Waals surface area contributed by atoms with Crippen molar-refractivity contribution in [2.75, 3.05) is 13.7 Å². The molecule has 130 valence electrons. The summed E-state index contributed by atoms with van der Waals surface area (Å²) < 4.78 is 4.60. The number of likely N-dealkylation sites (tertiary alicyclic amines) is 1. The molecule has 7 nitrogen and oxygen atoms in total. The van der Waals surface area contributed by atoms with Crippen LogP contribution in [0.1, 0.15) is 40.0 Å². The Kier molecular flexibility index (Phi) is 4.87. The van der Waals surface area contributed by atoms with Gasteiger partial charge in [0.15, 0.2) is 0 Å². The Morgan fingerprint density at radius 3 is 2.43 bits per heavy atom. The molecule has 1 aliphatic carbocycles. The lowest BCUT2D eigenvalue weighted by Gasteiger charge is -2.35. The molecule has 2 N–H and O–H groups in total. The molecular formula is C16H26N2O5. The summed E-state index contributed by atoms with van der Waals surface area (Å²) in [6.45, 7) is 5.95. The normalized spacial score (nSPS) is 28.2. The number of fused-ring (bicyclic) bond motifs is 1. The number of carbonyl (C=O) groups excluding carboxylic acids is 2. The second-order valence-corrected chi connectivity index (χ2v) is 7.56. The maximum Gasteiger partial charge on any atom is 0.407 e. The highest BCUT2D eigenvalue weighted by Crippen LogP contribution is 2.43. The van der Waals surface area contributed by atoms with Gasteiger partial charge in [0.1, 0.15) is 12.1 Å². The molecule has 1 unspecified atom stereocenters. The van der Waals surface area contributed by atoms with Crippen LogP contribution in [0, 0.1) is 17.3 Å². The lowest BCUT2D eigenvalue weighted by molar-refractivity contribution is -0.151. The van der Waals surface area contributed by atoms with Crippen LogP contribution < -0.4 is 5.32 Å². The minimum absolute atomic E-state index is 0.0233. The van der Waals surface area contributed by atoms with Gasteiger partial charge in [0.25, 0.3) is 0 Å². The first-order chi connectivity index (χ1) is 10.7. The van der Waals surface area contributed by atoms with Crippen LogP contribution in [0.25, 0.3) is 0 Å². The van der Waals surface area contributed by atoms with Gasteiger partial charge in [-0.05, 0) is 30.1 Å². The number of hydrogen-bond acceptors (Lipinski definition) is 4. The number of carboxylic acids is 1. The molecule has 1 aliphatic heterocycles. The summed E-state index contributed by atoms with van der Waals surface area (Å²) in [5.41, 5.74) is -0.550. The number of alkyl carbamates (subject to hydrolysis) is 1. The summed E-state index contributed by atoms with van der Waals surface area (Å²) in [6.07, 6.45) is 2.13. The third-order valence-electron chi connectivity index (χ3n) is 4.99. The molecule has 0 aromatic heterocycles. The van der Waals surface area contributed by atoms with E-state index in [-0.39, 0.29) is 17.7 Å². The number of aliphatic carboxylic acids is 1. The third kappa shape index (κ3) is 3.43. The Morgan fingerprint density at radius 2 is 1.91 bits per heavy atom. The predicted molar refractivity (Wildman–Crippen MR) is 82.8 cm³/mol. The molecule has 2 fully saturated rings. The Bertz CT molecular complexity index is 499. The number of methoxy groups -OCH3 is 1. The van der Waals surface area contributed by atoms with Gasteiger partial charge in [-0.2, -0.15) is 0 Å². The number of amides is 2. The molecule has 1 heterocycles. The van der Waals surface area contributed by atoms with E-state index in [2.05, 4.69) is 10.1 Å². The third-order valence-corrected chi connectivity index (χ3v) is 4.99. The van der Waals surface area contributed by atoms with E-state index in [1.54, 1.807) is 0 Å². The number of rotatable bonds is 3. The highest BCUT2D eigenvalue weighted by molar-refractivity contribution is 5.90. The molecule has 7 heteroatoms. The fraction of sp³-hybridized carbons (Fsp3) is 0.812. The Morgan fingerprint density at radius 1 is 1.26 bits per heavy atom. The number of nitrogens with zero attached hydrogens (tertiary/aromatic N) is 1. The lowest BCUT2D eigenvalue weighted by atomic mass is 9.85. The van der Waals surface area contributed by atoms with Crippen LogP contribution in [0.5, 0.6) is 0 Å². The number of ether oxygens (including phenoxy) is 1. The van der Waals surface area contributed by atoms with Gasteiger partial charge in [0.2, 0.25) is 5.91 Å². The van der Waals surface area contributed by atoms with Crippen molar-refractivity contribution in [2.24, 2.45) is 17.3 Å². The van der Waals surface area contributed by atoms with Gasteiger partial charge in [0.05, 0.1) is 7.11 Å². The number of hydrogen-bond donors (Lipinski definition) is 2. The fourth-order valence-corrected chi connectivity index (χ4v) is 3.84. The highest BCUT2D eigenvalue weighted by Gasteiger charge is 2.51. The first kappa shape index (κ1) is 17.6. The van der Waals surface area contributed by atoms with Crippen LogP contribution >= 0.6 is 0 Å². The summed E-state index contributed by atoms with van der Waals surface area (Å²) in [5.74, 6) is -1.03. The molecule has 2 aliphatic rings. The molecule has 0 bridgehead atoms. The van der Waals surface area contributed by atoms with Crippen molar-refractivity contribution in [3.05, 3.63) is 0 Å². The van der Waals surface area contributed by atoms with Gasteiger partial charge in [0, 0.05) is 6.54 Å². The molecule has 0 spiro atoms. The number of carbonyl (C=O) groups is 3. The van der Waals surface area contributed by atoms with E-state index in [0.717, 1.165) is 19.3 Å². The van der Waals surface area contributed by atoms with Crippen molar-refractivity contribution >= 4 is 18.0 Å². The van der Waals surface area contributed by atoms with Gasteiger partial charge >= 0.3 is 12.1 Å². The van der Waals surface area contributed by atoms with Gasteiger partial charge in [-0.25, -0.2) is 9.59 Å². The van der Waals surface area contributed by atoms with Gasteiger partial charge in [-0.1, -0.05) is 27.2 Å². The van der Waals surface area contributed by atoms with Crippen LogP contribution in [0.3, 0.4) is 0 Å². The Hall–Kier alpha value is -1.79. The number of nitrogens with one attached hydrogen (secondary N) is 1. The summed E-state index contributed by atoms with van der Waals surface area (Å²) in [7, 11) is 1.24. The Balaban J connectivity index is 2.24. The summed E-state index contributed by atoms with van der Waals surface area (Å²) >= 11 is 0. The zero-order chi connectivity index (χ0) is 17.4. The lowest BCUT2D eigenvalue weighted by Crippen LogP contribution is -2.57. The maximum absolute atomic E-state index is 13.0.